The summed E-state index contributed by atoms with van der Waals surface area (Å²) in [6.07, 6.45) is 10.7. The highest BCUT2D eigenvalue weighted by molar-refractivity contribution is 7.64. The number of carbonyl (C=O) groups is 4. The Morgan fingerprint density at radius 2 is 0.817 bits per heavy atom. The summed E-state index contributed by atoms with van der Waals surface area (Å²) in [5.41, 5.74) is 10.9. The van der Waals surface area contributed by atoms with Gasteiger partial charge in [-0.05, 0) is 25.7 Å². The standard InChI is InChI=1S/C73H144N4O28P4/c1-5-9-13-17-21-25-29-33-37-41-57(79)49-62(83)76-66-70(100-64(85)51-59(81)43-39-35-31-27-23-19-15-11-7-3)68(87)61(99-73(66)103-109(94,95)104-106(88,89)48-46-75)55-97-72-67(77-63(84)50-58(80)42-38-34-30-26-22-18-14-10-6-2)71(101-65(86)52-60(82)44-40-36-32-28-24-20-16-12-8-4)69(56(53-78)54-96-72)102-108(92,93)105-107(90,91)98-47-45-74/h56-61,66-73,78-82,87H,5-55,74-75H2,1-4H3,(H,76,83)(H,77,84)(H,88,89)(H,90,91)(H,92,93)(H,94,95)/t56?,57-,58-,59-,60-,61?,66?,67?,68-,69-,70?,71?,72+,73-/m1/s1. The second-order valence-electron chi connectivity index (χ2n) is 29.5. The Labute approximate surface area is 649 Å². The average Bonchev–Trinajstić information content (AvgIpc) is 1.57. The Kier molecular flexibility index (Phi) is 57.2. The van der Waals surface area contributed by atoms with Crippen molar-refractivity contribution in [1.29, 1.82) is 0 Å². The van der Waals surface area contributed by atoms with Gasteiger partial charge in [-0.15, -0.1) is 0 Å². The first-order chi connectivity index (χ1) is 52.0. The number of hydrogen-bond donors (Lipinski definition) is 14. The van der Waals surface area contributed by atoms with E-state index in [0.29, 0.717) is 32.1 Å². The van der Waals surface area contributed by atoms with Gasteiger partial charge in [0.05, 0.1) is 82.7 Å². The molecule has 644 valence electrons. The first-order valence-corrected chi connectivity index (χ1v) is 47.3. The average molecular weight is 1650 g/mol. The number of phosphoric ester groups is 3. The van der Waals surface area contributed by atoms with E-state index in [9.17, 15) is 87.7 Å². The largest absolute Gasteiger partial charge is 0.481 e. The van der Waals surface area contributed by atoms with Crippen molar-refractivity contribution in [3.63, 3.8) is 0 Å². The highest BCUT2D eigenvalue weighted by Crippen LogP contribution is 2.62. The van der Waals surface area contributed by atoms with Crippen molar-refractivity contribution >= 4 is 54.8 Å². The number of esters is 2. The Morgan fingerprint density at radius 3 is 1.19 bits per heavy atom. The fraction of sp³-hybridized carbons (Fsp3) is 0.945. The zero-order valence-corrected chi connectivity index (χ0v) is 69.5. The molecule has 0 saturated carbocycles. The van der Waals surface area contributed by atoms with E-state index in [0.717, 1.165) is 199 Å². The van der Waals surface area contributed by atoms with Gasteiger partial charge in [-0.2, -0.15) is 4.31 Å². The first kappa shape index (κ1) is 103. The molecular weight excluding hydrogens is 1500 g/mol. The molecule has 0 aliphatic carbocycles. The van der Waals surface area contributed by atoms with Crippen molar-refractivity contribution in [3.8, 4) is 0 Å². The molecule has 2 saturated heterocycles. The Morgan fingerprint density at radius 1 is 0.459 bits per heavy atom. The van der Waals surface area contributed by atoms with Gasteiger partial charge in [0.1, 0.15) is 30.4 Å². The number of carbonyl (C=O) groups excluding carboxylic acids is 4. The molecule has 0 aromatic rings. The molecule has 0 radical (unpaired) electrons. The lowest BCUT2D eigenvalue weighted by Crippen LogP contribution is -2.66. The first-order valence-electron chi connectivity index (χ1n) is 41.0. The number of amides is 2. The van der Waals surface area contributed by atoms with E-state index >= 15 is 0 Å². The van der Waals surface area contributed by atoms with E-state index < -0.39 is 205 Å². The topological polar surface area (TPSA) is 507 Å². The SMILES string of the molecule is CCCCCCCCCCC[C@@H](O)CC(=O)NC1C(OC(=O)C[C@H](O)CCCCCCCCCCC)[C@H](O)C(CO[C@@H]2OCC(CO)[C@@H](OP(=O)(O)OP(=O)(O)OCCN)C(OC(=O)C[C@H](O)CCCCCCCCCCC)C2NC(=O)C[C@H](O)CCCCCCCCCCC)O[C@@H]1OP(=O)(O)OP(=O)(O)CCN. The lowest BCUT2D eigenvalue weighted by Gasteiger charge is -2.44. The van der Waals surface area contributed by atoms with Gasteiger partial charge >= 0.3 is 43.0 Å². The van der Waals surface area contributed by atoms with Gasteiger partial charge in [-0.3, -0.25) is 37.3 Å². The number of aliphatic hydroxyl groups is 6. The van der Waals surface area contributed by atoms with Crippen LogP contribution in [0, 0.1) is 5.92 Å². The van der Waals surface area contributed by atoms with Crippen LogP contribution < -0.4 is 22.1 Å². The normalized spacial score (nSPS) is 23.8. The second-order valence-corrected chi connectivity index (χ2v) is 36.0. The fourth-order valence-electron chi connectivity index (χ4n) is 13.3. The van der Waals surface area contributed by atoms with E-state index in [-0.39, 0.29) is 32.2 Å². The number of nitrogens with two attached hydrogens (primary N) is 2. The molecule has 0 aromatic heterocycles. The molecule has 18 atom stereocenters. The molecular formula is C73H144N4O28P4. The molecule has 109 heavy (non-hydrogen) atoms. The second kappa shape index (κ2) is 60.5. The van der Waals surface area contributed by atoms with Crippen LogP contribution in [0.3, 0.4) is 0 Å². The monoisotopic (exact) mass is 1650 g/mol. The van der Waals surface area contributed by atoms with Gasteiger partial charge in [0.2, 0.25) is 11.8 Å². The maximum Gasteiger partial charge on any atom is 0.481 e. The van der Waals surface area contributed by atoms with Gasteiger partial charge in [0.15, 0.2) is 24.8 Å². The summed E-state index contributed by atoms with van der Waals surface area (Å²) in [6.45, 7) is 3.97. The molecule has 2 rings (SSSR count). The third-order valence-corrected chi connectivity index (χ3v) is 25.2. The summed E-state index contributed by atoms with van der Waals surface area (Å²) < 4.78 is 110. The molecule has 2 fully saturated rings. The molecule has 32 nitrogen and oxygen atoms in total. The number of hydrogen-bond acceptors (Lipinski definition) is 26. The summed E-state index contributed by atoms with van der Waals surface area (Å²) in [5.74, 6) is -6.07. The fourth-order valence-corrected chi connectivity index (χ4v) is 18.2. The van der Waals surface area contributed by atoms with Crippen LogP contribution in [0.25, 0.3) is 0 Å². The van der Waals surface area contributed by atoms with Gasteiger partial charge in [0, 0.05) is 19.0 Å². The van der Waals surface area contributed by atoms with Crippen LogP contribution in [0.1, 0.15) is 310 Å². The summed E-state index contributed by atoms with van der Waals surface area (Å²) in [6, 6.07) is -4.14. The quantitative estimate of drug-likeness (QED) is 0.0153. The minimum atomic E-state index is -5.97. The number of aliphatic hydroxyl groups excluding tert-OH is 6. The number of nitrogens with one attached hydrogen (secondary N) is 2. The lowest BCUT2D eigenvalue weighted by molar-refractivity contribution is -0.270. The van der Waals surface area contributed by atoms with E-state index in [4.69, 9.17) is 48.5 Å². The van der Waals surface area contributed by atoms with Crippen molar-refractivity contribution < 1.29 is 134 Å². The van der Waals surface area contributed by atoms with Crippen molar-refractivity contribution in [1.82, 2.24) is 10.6 Å². The van der Waals surface area contributed by atoms with Crippen LogP contribution in [-0.2, 0) is 83.3 Å². The number of ether oxygens (including phenoxy) is 5. The van der Waals surface area contributed by atoms with Gasteiger partial charge < -0.3 is 96.0 Å². The van der Waals surface area contributed by atoms with E-state index in [1.54, 1.807) is 0 Å². The summed E-state index contributed by atoms with van der Waals surface area (Å²) >= 11 is 0. The highest BCUT2D eigenvalue weighted by atomic mass is 31.3. The van der Waals surface area contributed by atoms with Gasteiger partial charge in [0.25, 0.3) is 0 Å². The lowest BCUT2D eigenvalue weighted by atomic mass is 9.94. The summed E-state index contributed by atoms with van der Waals surface area (Å²) in [7, 11) is -22.5. The number of phosphoric acid groups is 3. The molecule has 0 spiro atoms. The summed E-state index contributed by atoms with van der Waals surface area (Å²) in [4.78, 5) is 101. The number of rotatable bonds is 69. The van der Waals surface area contributed by atoms with E-state index in [1.165, 1.54) is 0 Å². The smallest absolute Gasteiger partial charge is 0.457 e. The van der Waals surface area contributed by atoms with Crippen molar-refractivity contribution in [3.05, 3.63) is 0 Å². The van der Waals surface area contributed by atoms with Crippen LogP contribution in [0.4, 0.5) is 0 Å². The number of unbranched alkanes of at least 4 members (excludes halogenated alkanes) is 32. The zero-order chi connectivity index (χ0) is 80.9. The van der Waals surface area contributed by atoms with Gasteiger partial charge in [-0.1, -0.05) is 259 Å². The molecule has 0 aromatic carbocycles. The van der Waals surface area contributed by atoms with Crippen molar-refractivity contribution in [2.75, 3.05) is 45.7 Å². The van der Waals surface area contributed by atoms with Crippen LogP contribution in [0.5, 0.6) is 0 Å². The summed E-state index contributed by atoms with van der Waals surface area (Å²) in [5, 5.41) is 73.7. The third kappa shape index (κ3) is 49.0. The molecule has 2 heterocycles. The molecule has 10 unspecified atom stereocenters. The highest BCUT2D eigenvalue weighted by Gasteiger charge is 2.55. The van der Waals surface area contributed by atoms with Crippen molar-refractivity contribution in [2.24, 2.45) is 17.4 Å². The Bertz CT molecular complexity index is 2600. The van der Waals surface area contributed by atoms with E-state index in [2.05, 4.69) is 47.2 Å². The van der Waals surface area contributed by atoms with Crippen LogP contribution in [-0.4, -0.2) is 199 Å². The van der Waals surface area contributed by atoms with Crippen LogP contribution in [0.15, 0.2) is 0 Å². The predicted molar refractivity (Wildman–Crippen MR) is 411 cm³/mol. The van der Waals surface area contributed by atoms with Gasteiger partial charge in [-0.25, -0.2) is 18.0 Å². The predicted octanol–water partition coefficient (Wildman–Crippen LogP) is 11.4. The van der Waals surface area contributed by atoms with Crippen LogP contribution in [0.2, 0.25) is 0 Å². The Hall–Kier alpha value is -2.00. The van der Waals surface area contributed by atoms with E-state index in [1.807, 2.05) is 0 Å². The molecule has 2 aliphatic rings. The maximum atomic E-state index is 14.5. The molecule has 16 N–H and O–H groups in total. The molecule has 2 amide bonds. The minimum Gasteiger partial charge on any atom is -0.457 e. The molecule has 0 bridgehead atoms. The zero-order valence-electron chi connectivity index (χ0n) is 65.9. The molecule has 2 aliphatic heterocycles. The minimum absolute atomic E-state index is 0.107. The molecule has 36 heteroatoms. The maximum absolute atomic E-state index is 14.5. The third-order valence-electron chi connectivity index (χ3n) is 19.4. The van der Waals surface area contributed by atoms with Crippen LogP contribution >= 0.6 is 31.1 Å². The van der Waals surface area contributed by atoms with Crippen molar-refractivity contribution in [2.45, 2.75) is 390 Å². The Balaban J connectivity index is 2.86.